The van der Waals surface area contributed by atoms with Crippen LogP contribution in [0, 0.1) is 0 Å². The van der Waals surface area contributed by atoms with Gasteiger partial charge in [0.05, 0.1) is 6.61 Å². The highest BCUT2D eigenvalue weighted by atomic mass is 32.1. The third-order valence-electron chi connectivity index (χ3n) is 3.66. The number of anilines is 3. The Morgan fingerprint density at radius 3 is 3.07 bits per heavy atom. The van der Waals surface area contributed by atoms with Crippen molar-refractivity contribution in [1.82, 2.24) is 9.97 Å². The predicted molar refractivity (Wildman–Crippen MR) is 101 cm³/mol. The van der Waals surface area contributed by atoms with Crippen LogP contribution in [-0.4, -0.2) is 29.3 Å². The normalized spacial score (nSPS) is 11.9. The summed E-state index contributed by atoms with van der Waals surface area (Å²) in [5, 5.41) is 8.15. The zero-order valence-corrected chi connectivity index (χ0v) is 15.2. The Morgan fingerprint density at radius 1 is 1.30 bits per heavy atom. The van der Waals surface area contributed by atoms with Gasteiger partial charge in [-0.2, -0.15) is 0 Å². The molecule has 0 spiro atoms. The number of amides is 1. The van der Waals surface area contributed by atoms with E-state index in [1.165, 1.54) is 11.3 Å². The first-order valence-corrected chi connectivity index (χ1v) is 9.12. The fraction of sp³-hybridized carbons (Fsp3) is 0.167. The zero-order valence-electron chi connectivity index (χ0n) is 14.4. The van der Waals surface area contributed by atoms with Crippen molar-refractivity contribution in [3.05, 3.63) is 47.6 Å². The molecule has 0 fully saturated rings. The van der Waals surface area contributed by atoms with Crippen molar-refractivity contribution in [2.24, 2.45) is 0 Å². The molecule has 0 unspecified atom stereocenters. The largest absolute Gasteiger partial charge is 0.490 e. The number of hydrogen-bond donors (Lipinski definition) is 2. The van der Waals surface area contributed by atoms with Gasteiger partial charge in [-0.3, -0.25) is 4.79 Å². The summed E-state index contributed by atoms with van der Waals surface area (Å²) in [7, 11) is 0. The van der Waals surface area contributed by atoms with E-state index < -0.39 is 0 Å². The average molecular weight is 384 g/mol. The summed E-state index contributed by atoms with van der Waals surface area (Å²) in [5.74, 6) is 1.91. The zero-order chi connectivity index (χ0) is 18.6. The van der Waals surface area contributed by atoms with Gasteiger partial charge in [0, 0.05) is 23.3 Å². The number of ether oxygens (including phenoxy) is 3. The molecule has 0 atom stereocenters. The van der Waals surface area contributed by atoms with E-state index in [4.69, 9.17) is 14.2 Å². The minimum Gasteiger partial charge on any atom is -0.490 e. The number of aromatic nitrogens is 2. The highest BCUT2D eigenvalue weighted by Crippen LogP contribution is 2.35. The number of pyridine rings is 1. The fourth-order valence-electron chi connectivity index (χ4n) is 2.46. The molecule has 3 aromatic rings. The molecule has 2 N–H and O–H groups in total. The van der Waals surface area contributed by atoms with Crippen LogP contribution < -0.4 is 24.8 Å². The highest BCUT2D eigenvalue weighted by molar-refractivity contribution is 7.14. The van der Waals surface area contributed by atoms with Crippen molar-refractivity contribution >= 4 is 33.9 Å². The van der Waals surface area contributed by atoms with Crippen LogP contribution in [0.5, 0.6) is 17.2 Å². The number of fused-ring (bicyclic) bond motifs is 1. The van der Waals surface area contributed by atoms with E-state index in [0.29, 0.717) is 34.8 Å². The van der Waals surface area contributed by atoms with Crippen molar-refractivity contribution in [2.75, 3.05) is 24.0 Å². The molecule has 2 aromatic heterocycles. The first-order chi connectivity index (χ1) is 13.2. The average Bonchev–Trinajstić information content (AvgIpc) is 3.32. The lowest BCUT2D eigenvalue weighted by atomic mass is 10.3. The van der Waals surface area contributed by atoms with Crippen molar-refractivity contribution in [2.45, 2.75) is 6.92 Å². The van der Waals surface area contributed by atoms with E-state index in [-0.39, 0.29) is 18.4 Å². The lowest BCUT2D eigenvalue weighted by Crippen LogP contribution is -2.14. The quantitative estimate of drug-likeness (QED) is 0.670. The topological polar surface area (TPSA) is 94.6 Å². The molecule has 0 aliphatic carbocycles. The fourth-order valence-corrected chi connectivity index (χ4v) is 3.17. The molecule has 1 aromatic carbocycles. The van der Waals surface area contributed by atoms with Crippen LogP contribution in [0.2, 0.25) is 0 Å². The van der Waals surface area contributed by atoms with Crippen molar-refractivity contribution < 1.29 is 19.0 Å². The maximum absolute atomic E-state index is 12.5. The first-order valence-electron chi connectivity index (χ1n) is 8.24. The molecule has 138 valence electrons. The van der Waals surface area contributed by atoms with E-state index in [1.807, 2.05) is 25.1 Å². The van der Waals surface area contributed by atoms with E-state index in [9.17, 15) is 4.79 Å². The molecule has 0 radical (unpaired) electrons. The maximum atomic E-state index is 12.5. The molecule has 1 aliphatic rings. The number of carbonyl (C=O) groups is 1. The Balaban J connectivity index is 1.45. The molecular weight excluding hydrogens is 368 g/mol. The molecule has 3 heterocycles. The SMILES string of the molecule is CCOc1cccnc1NC(=O)c1csc(Nc2ccc3c(c2)OCO3)n1. The molecule has 4 rings (SSSR count). The summed E-state index contributed by atoms with van der Waals surface area (Å²) >= 11 is 1.32. The molecule has 1 aliphatic heterocycles. The summed E-state index contributed by atoms with van der Waals surface area (Å²) in [6, 6.07) is 9.00. The van der Waals surface area contributed by atoms with Gasteiger partial charge in [-0.05, 0) is 31.2 Å². The number of nitrogens with one attached hydrogen (secondary N) is 2. The van der Waals surface area contributed by atoms with Gasteiger partial charge in [0.15, 0.2) is 28.2 Å². The van der Waals surface area contributed by atoms with Crippen LogP contribution in [0.1, 0.15) is 17.4 Å². The Kier molecular flexibility index (Phi) is 4.75. The van der Waals surface area contributed by atoms with E-state index in [1.54, 1.807) is 23.7 Å². The Morgan fingerprint density at radius 2 is 2.19 bits per heavy atom. The standard InChI is InChI=1S/C18H16N4O4S/c1-2-24-14-4-3-7-19-16(14)22-17(23)12-9-27-18(21-12)20-11-5-6-13-15(8-11)26-10-25-13/h3-9H,2,10H2,1H3,(H,20,21)(H,19,22,23). The van der Waals surface area contributed by atoms with E-state index >= 15 is 0 Å². The van der Waals surface area contributed by atoms with Gasteiger partial charge in [0.2, 0.25) is 6.79 Å². The third kappa shape index (κ3) is 3.77. The van der Waals surface area contributed by atoms with Crippen LogP contribution in [0.25, 0.3) is 0 Å². The molecular formula is C18H16N4O4S. The second-order valence-corrected chi connectivity index (χ2v) is 6.33. The summed E-state index contributed by atoms with van der Waals surface area (Å²) in [6.07, 6.45) is 1.59. The number of rotatable bonds is 6. The molecule has 1 amide bonds. The van der Waals surface area contributed by atoms with Gasteiger partial charge in [-0.25, -0.2) is 9.97 Å². The van der Waals surface area contributed by atoms with Crippen LogP contribution in [0.15, 0.2) is 41.9 Å². The minimum atomic E-state index is -0.357. The smallest absolute Gasteiger partial charge is 0.276 e. The number of benzene rings is 1. The third-order valence-corrected chi connectivity index (χ3v) is 4.42. The maximum Gasteiger partial charge on any atom is 0.276 e. The number of hydrogen-bond acceptors (Lipinski definition) is 8. The lowest BCUT2D eigenvalue weighted by Gasteiger charge is -2.09. The molecule has 27 heavy (non-hydrogen) atoms. The second-order valence-electron chi connectivity index (χ2n) is 5.47. The number of carbonyl (C=O) groups excluding carboxylic acids is 1. The number of nitrogens with zero attached hydrogens (tertiary/aromatic N) is 2. The Labute approximate surface area is 159 Å². The van der Waals surface area contributed by atoms with Gasteiger partial charge in [0.25, 0.3) is 5.91 Å². The van der Waals surface area contributed by atoms with Crippen LogP contribution >= 0.6 is 11.3 Å². The first kappa shape index (κ1) is 17.1. The Bertz CT molecular complexity index is 976. The molecule has 9 heteroatoms. The van der Waals surface area contributed by atoms with Crippen molar-refractivity contribution in [3.8, 4) is 17.2 Å². The van der Waals surface area contributed by atoms with E-state index in [0.717, 1.165) is 5.69 Å². The number of thiazole rings is 1. The van der Waals surface area contributed by atoms with Gasteiger partial charge in [-0.15, -0.1) is 11.3 Å². The van der Waals surface area contributed by atoms with Gasteiger partial charge in [-0.1, -0.05) is 0 Å². The summed E-state index contributed by atoms with van der Waals surface area (Å²) in [6.45, 7) is 2.57. The van der Waals surface area contributed by atoms with Gasteiger partial charge < -0.3 is 24.8 Å². The van der Waals surface area contributed by atoms with Crippen molar-refractivity contribution in [1.29, 1.82) is 0 Å². The van der Waals surface area contributed by atoms with Crippen LogP contribution in [-0.2, 0) is 0 Å². The van der Waals surface area contributed by atoms with Crippen molar-refractivity contribution in [3.63, 3.8) is 0 Å². The van der Waals surface area contributed by atoms with Crippen LogP contribution in [0.4, 0.5) is 16.6 Å². The van der Waals surface area contributed by atoms with Gasteiger partial charge in [0.1, 0.15) is 5.69 Å². The summed E-state index contributed by atoms with van der Waals surface area (Å²) < 4.78 is 16.1. The van der Waals surface area contributed by atoms with Gasteiger partial charge >= 0.3 is 0 Å². The Hall–Kier alpha value is -3.33. The lowest BCUT2D eigenvalue weighted by molar-refractivity contribution is 0.102. The predicted octanol–water partition coefficient (Wildman–Crippen LogP) is 3.66. The van der Waals surface area contributed by atoms with Crippen LogP contribution in [0.3, 0.4) is 0 Å². The summed E-state index contributed by atoms with van der Waals surface area (Å²) in [4.78, 5) is 20.9. The molecule has 0 bridgehead atoms. The molecule has 8 nitrogen and oxygen atoms in total. The minimum absolute atomic E-state index is 0.220. The molecule has 0 saturated carbocycles. The molecule has 0 saturated heterocycles. The monoisotopic (exact) mass is 384 g/mol. The van der Waals surface area contributed by atoms with E-state index in [2.05, 4.69) is 20.6 Å². The summed E-state index contributed by atoms with van der Waals surface area (Å²) in [5.41, 5.74) is 1.08. The highest BCUT2D eigenvalue weighted by Gasteiger charge is 2.16. The second kappa shape index (κ2) is 7.50.